The Kier molecular flexibility index (Phi) is 10.9. The summed E-state index contributed by atoms with van der Waals surface area (Å²) in [4.78, 5) is 27.3. The van der Waals surface area contributed by atoms with Gasteiger partial charge in [0.15, 0.2) is 28.2 Å². The molecule has 0 unspecified atom stereocenters. The molecule has 1 aliphatic heterocycles. The van der Waals surface area contributed by atoms with Crippen molar-refractivity contribution in [2.75, 3.05) is 29.4 Å². The number of hydrogen-bond donors (Lipinski definition) is 1. The summed E-state index contributed by atoms with van der Waals surface area (Å²) in [5, 5.41) is 9.74. The van der Waals surface area contributed by atoms with Crippen LogP contribution in [-0.4, -0.2) is 55.4 Å². The first-order valence-electron chi connectivity index (χ1n) is 17.9. The van der Waals surface area contributed by atoms with Crippen LogP contribution >= 0.6 is 0 Å². The Morgan fingerprint density at radius 1 is 0.772 bits per heavy atom. The average molecular weight is 824 g/mol. The smallest absolute Gasteiger partial charge is 0.335 e. The summed E-state index contributed by atoms with van der Waals surface area (Å²) < 4.78 is 151. The van der Waals surface area contributed by atoms with Crippen LogP contribution in [0.15, 0.2) is 53.4 Å². The molecule has 4 aromatic rings. The first kappa shape index (κ1) is 40.0. The van der Waals surface area contributed by atoms with Gasteiger partial charge in [-0.15, -0.1) is 0 Å². The lowest BCUT2D eigenvalue weighted by molar-refractivity contribution is -0.119. The molecule has 4 aromatic carbocycles. The van der Waals surface area contributed by atoms with Crippen molar-refractivity contribution in [3.63, 3.8) is 0 Å². The number of carbonyl (C=O) groups excluding carboxylic acids is 1. The topological polar surface area (TPSA) is 107 Å². The van der Waals surface area contributed by atoms with E-state index in [1.54, 1.807) is 6.07 Å². The monoisotopic (exact) mass is 823 g/mol. The number of carboxylic acids is 1. The number of halogens is 8. The van der Waals surface area contributed by atoms with Gasteiger partial charge in [0.05, 0.1) is 30.4 Å². The SMILES string of the molecule is O=C(O)c1ccc(N(Cc2cc(C3CC3)cc(N3CCCC3)c2)C(=O)CN(Cc2c(F)cc(F)cc2F)S(=O)(=O)c2c(F)c(F)c(F)c(F)c2F)c(OC2CC2)c1. The Morgan fingerprint density at radius 2 is 1.39 bits per heavy atom. The van der Waals surface area contributed by atoms with E-state index in [0.717, 1.165) is 67.1 Å². The van der Waals surface area contributed by atoms with E-state index in [0.29, 0.717) is 18.4 Å². The minimum absolute atomic E-state index is 0.0934. The molecule has 2 saturated carbocycles. The second-order valence-corrected chi connectivity index (χ2v) is 16.1. The molecule has 302 valence electrons. The van der Waals surface area contributed by atoms with Gasteiger partial charge >= 0.3 is 5.97 Å². The summed E-state index contributed by atoms with van der Waals surface area (Å²) in [7, 11) is -6.07. The second-order valence-electron chi connectivity index (χ2n) is 14.2. The Bertz CT molecular complexity index is 2330. The van der Waals surface area contributed by atoms with Gasteiger partial charge < -0.3 is 19.6 Å². The maximum Gasteiger partial charge on any atom is 0.335 e. The molecule has 2 aliphatic carbocycles. The highest BCUT2D eigenvalue weighted by atomic mass is 32.2. The maximum atomic E-state index is 15.1. The van der Waals surface area contributed by atoms with Gasteiger partial charge in [-0.3, -0.25) is 4.79 Å². The number of hydrogen-bond acceptors (Lipinski definition) is 6. The number of rotatable bonds is 14. The molecule has 3 fully saturated rings. The normalized spacial score (nSPS) is 15.7. The fraction of sp³-hybridized carbons (Fsp3) is 0.333. The van der Waals surface area contributed by atoms with E-state index in [1.807, 2.05) is 12.1 Å². The molecule has 3 aliphatic rings. The highest BCUT2D eigenvalue weighted by Gasteiger charge is 2.40. The lowest BCUT2D eigenvalue weighted by atomic mass is 10.0. The molecule has 7 rings (SSSR count). The molecule has 1 amide bonds. The van der Waals surface area contributed by atoms with Crippen molar-refractivity contribution in [1.82, 2.24) is 4.31 Å². The van der Waals surface area contributed by atoms with Crippen molar-refractivity contribution in [1.29, 1.82) is 0 Å². The number of anilines is 2. The minimum atomic E-state index is -6.07. The van der Waals surface area contributed by atoms with E-state index < -0.39 is 92.0 Å². The third-order valence-corrected chi connectivity index (χ3v) is 11.8. The van der Waals surface area contributed by atoms with E-state index in [9.17, 15) is 40.7 Å². The van der Waals surface area contributed by atoms with Crippen molar-refractivity contribution >= 4 is 33.3 Å². The van der Waals surface area contributed by atoms with Crippen molar-refractivity contribution in [2.45, 2.75) is 68.5 Å². The van der Waals surface area contributed by atoms with Crippen LogP contribution in [0.25, 0.3) is 0 Å². The zero-order valence-electron chi connectivity index (χ0n) is 29.8. The van der Waals surface area contributed by atoms with Crippen LogP contribution in [0, 0.1) is 46.5 Å². The standard InChI is InChI=1S/C39H33F8N3O6S/c40-24-15-28(41)27(29(42)16-24)18-49(57(54,55)38-36(46)34(44)33(43)35(45)37(38)47)19-32(51)50(30-8-5-22(39(52)53)14-31(30)56-26-6-7-26)17-20-11-23(21-3-4-21)13-25(12-20)48-9-1-2-10-48/h5,8,11-16,21,26H,1-4,6-7,9-10,17-19H2,(H,52,53). The molecule has 0 bridgehead atoms. The number of aromatic carboxylic acids is 1. The van der Waals surface area contributed by atoms with Crippen molar-refractivity contribution in [2.24, 2.45) is 0 Å². The Morgan fingerprint density at radius 3 is 1.96 bits per heavy atom. The van der Waals surface area contributed by atoms with Crippen LogP contribution in [-0.2, 0) is 27.9 Å². The zero-order valence-corrected chi connectivity index (χ0v) is 30.6. The lowest BCUT2D eigenvalue weighted by Gasteiger charge is -2.30. The number of benzene rings is 4. The molecule has 0 spiro atoms. The highest BCUT2D eigenvalue weighted by Crippen LogP contribution is 2.43. The Labute approximate surface area is 321 Å². The molecule has 18 heteroatoms. The zero-order chi connectivity index (χ0) is 40.9. The number of sulfonamides is 1. The van der Waals surface area contributed by atoms with Gasteiger partial charge in [0.2, 0.25) is 21.7 Å². The summed E-state index contributed by atoms with van der Waals surface area (Å²) in [6.45, 7) is -1.97. The van der Waals surface area contributed by atoms with E-state index in [-0.39, 0.29) is 52.0 Å². The largest absolute Gasteiger partial charge is 0.488 e. The van der Waals surface area contributed by atoms with E-state index in [4.69, 9.17) is 4.74 Å². The number of carbonyl (C=O) groups is 2. The number of amides is 1. The summed E-state index contributed by atoms with van der Waals surface area (Å²) in [6.07, 6.45) is 4.47. The average Bonchev–Trinajstić information content (AvgIpc) is 4.11. The van der Waals surface area contributed by atoms with Crippen molar-refractivity contribution in [3.05, 3.63) is 117 Å². The van der Waals surface area contributed by atoms with Crippen LogP contribution in [0.1, 0.15) is 71.5 Å². The molecule has 0 radical (unpaired) electrons. The van der Waals surface area contributed by atoms with Gasteiger partial charge in [0.25, 0.3) is 0 Å². The molecular formula is C39H33F8N3O6S. The quantitative estimate of drug-likeness (QED) is 0.0782. The molecule has 57 heavy (non-hydrogen) atoms. The van der Waals surface area contributed by atoms with Crippen molar-refractivity contribution in [3.8, 4) is 5.75 Å². The van der Waals surface area contributed by atoms with E-state index in [1.165, 1.54) is 6.07 Å². The van der Waals surface area contributed by atoms with Gasteiger partial charge in [0, 0.05) is 43.0 Å². The second kappa shape index (κ2) is 15.6. The Hall–Kier alpha value is -5.23. The predicted octanol–water partition coefficient (Wildman–Crippen LogP) is 7.94. The molecule has 1 heterocycles. The molecule has 0 atom stereocenters. The fourth-order valence-electron chi connectivity index (χ4n) is 6.72. The van der Waals surface area contributed by atoms with Crippen LogP contribution in [0.5, 0.6) is 5.75 Å². The molecule has 1 N–H and O–H groups in total. The van der Waals surface area contributed by atoms with Gasteiger partial charge in [-0.25, -0.2) is 48.3 Å². The van der Waals surface area contributed by atoms with Gasteiger partial charge in [-0.2, -0.15) is 4.31 Å². The van der Waals surface area contributed by atoms with Crippen LogP contribution < -0.4 is 14.5 Å². The predicted molar refractivity (Wildman–Crippen MR) is 188 cm³/mol. The summed E-state index contributed by atoms with van der Waals surface area (Å²) in [5.74, 6) is -20.9. The van der Waals surface area contributed by atoms with Gasteiger partial charge in [0.1, 0.15) is 23.2 Å². The van der Waals surface area contributed by atoms with Crippen LogP contribution in [0.3, 0.4) is 0 Å². The summed E-state index contributed by atoms with van der Waals surface area (Å²) in [6, 6.07) is 9.48. The van der Waals surface area contributed by atoms with Crippen LogP contribution in [0.4, 0.5) is 46.5 Å². The fourth-order valence-corrected chi connectivity index (χ4v) is 8.19. The van der Waals surface area contributed by atoms with Crippen molar-refractivity contribution < 1.29 is 63.0 Å². The first-order valence-corrected chi connectivity index (χ1v) is 19.4. The Balaban J connectivity index is 1.36. The number of ether oxygens (including phenoxy) is 1. The summed E-state index contributed by atoms with van der Waals surface area (Å²) >= 11 is 0. The maximum absolute atomic E-state index is 15.1. The lowest BCUT2D eigenvalue weighted by Crippen LogP contribution is -2.43. The summed E-state index contributed by atoms with van der Waals surface area (Å²) in [5.41, 5.74) is 0.747. The van der Waals surface area contributed by atoms with E-state index >= 15 is 17.6 Å². The van der Waals surface area contributed by atoms with E-state index in [2.05, 4.69) is 4.90 Å². The highest BCUT2D eigenvalue weighted by molar-refractivity contribution is 7.89. The van der Waals surface area contributed by atoms with Crippen LogP contribution in [0.2, 0.25) is 0 Å². The molecule has 9 nitrogen and oxygen atoms in total. The number of nitrogens with zero attached hydrogens (tertiary/aromatic N) is 3. The van der Waals surface area contributed by atoms with Gasteiger partial charge in [-0.05, 0) is 85.9 Å². The minimum Gasteiger partial charge on any atom is -0.488 e. The van der Waals surface area contributed by atoms with Gasteiger partial charge in [-0.1, -0.05) is 6.07 Å². The first-order chi connectivity index (χ1) is 27.0. The number of carboxylic acid groups (broad SMARTS) is 1. The third kappa shape index (κ3) is 8.28. The molecular weight excluding hydrogens is 790 g/mol. The molecule has 0 aromatic heterocycles. The third-order valence-electron chi connectivity index (χ3n) is 10.00. The molecule has 1 saturated heterocycles.